The number of amides is 1. The minimum Gasteiger partial charge on any atom is -0.490 e. The number of carbonyl (C=O) groups is 3. The average molecular weight is 385 g/mol. The van der Waals surface area contributed by atoms with Crippen LogP contribution in [0.1, 0.15) is 41.5 Å². The average Bonchev–Trinajstić information content (AvgIpc) is 2.67. The molecule has 0 spiro atoms. The van der Waals surface area contributed by atoms with Crippen molar-refractivity contribution in [1.29, 1.82) is 0 Å². The van der Waals surface area contributed by atoms with E-state index in [-0.39, 0.29) is 18.6 Å². The lowest BCUT2D eigenvalue weighted by atomic mass is 10.2. The van der Waals surface area contributed by atoms with Crippen LogP contribution in [0.4, 0.5) is 5.69 Å². The summed E-state index contributed by atoms with van der Waals surface area (Å²) >= 11 is 0. The van der Waals surface area contributed by atoms with Gasteiger partial charge >= 0.3 is 5.97 Å². The summed E-state index contributed by atoms with van der Waals surface area (Å²) in [5.74, 6) is -0.0276. The number of hydrogen-bond acceptors (Lipinski definition) is 6. The summed E-state index contributed by atoms with van der Waals surface area (Å²) in [6.07, 6.45) is 0.505. The van der Waals surface area contributed by atoms with Gasteiger partial charge in [0.25, 0.3) is 5.91 Å². The van der Waals surface area contributed by atoms with Crippen molar-refractivity contribution in [2.45, 2.75) is 26.9 Å². The Bertz CT molecular complexity index is 829. The van der Waals surface area contributed by atoms with Gasteiger partial charge in [0.1, 0.15) is 6.29 Å². The lowest BCUT2D eigenvalue weighted by Crippen LogP contribution is -2.20. The first-order valence-corrected chi connectivity index (χ1v) is 8.88. The Balaban J connectivity index is 1.94. The smallest absolute Gasteiger partial charge is 0.338 e. The summed E-state index contributed by atoms with van der Waals surface area (Å²) in [5.41, 5.74) is 1.38. The van der Waals surface area contributed by atoms with Gasteiger partial charge in [-0.2, -0.15) is 0 Å². The predicted octanol–water partition coefficient (Wildman–Crippen LogP) is 3.48. The second kappa shape index (κ2) is 10.1. The number of anilines is 1. The summed E-state index contributed by atoms with van der Waals surface area (Å²) in [6.45, 7) is 5.52. The summed E-state index contributed by atoms with van der Waals surface area (Å²) in [6, 6.07) is 11.1. The van der Waals surface area contributed by atoms with Crippen LogP contribution in [0.2, 0.25) is 0 Å². The maximum atomic E-state index is 12.1. The molecule has 2 aromatic carbocycles. The summed E-state index contributed by atoms with van der Waals surface area (Å²) in [7, 11) is 0. The van der Waals surface area contributed by atoms with Gasteiger partial charge in [-0.15, -0.1) is 0 Å². The molecule has 0 aliphatic heterocycles. The molecular formula is C21H23NO6. The molecule has 0 heterocycles. The van der Waals surface area contributed by atoms with Crippen molar-refractivity contribution < 1.29 is 28.6 Å². The van der Waals surface area contributed by atoms with Gasteiger partial charge in [-0.1, -0.05) is 0 Å². The van der Waals surface area contributed by atoms with Crippen LogP contribution in [0.25, 0.3) is 0 Å². The third-order valence-electron chi connectivity index (χ3n) is 3.51. The van der Waals surface area contributed by atoms with Gasteiger partial charge in [0.15, 0.2) is 18.1 Å². The second-order valence-electron chi connectivity index (χ2n) is 6.13. The third kappa shape index (κ3) is 6.12. The topological polar surface area (TPSA) is 90.9 Å². The minimum atomic E-state index is -0.418. The number of ether oxygens (including phenoxy) is 3. The van der Waals surface area contributed by atoms with Crippen molar-refractivity contribution in [3.05, 3.63) is 53.6 Å². The molecule has 0 unspecified atom stereocenters. The van der Waals surface area contributed by atoms with E-state index in [2.05, 4.69) is 5.32 Å². The van der Waals surface area contributed by atoms with Crippen LogP contribution in [0.3, 0.4) is 0 Å². The van der Waals surface area contributed by atoms with Crippen LogP contribution >= 0.6 is 0 Å². The van der Waals surface area contributed by atoms with Gasteiger partial charge in [0, 0.05) is 11.3 Å². The minimum absolute atomic E-state index is 0.203. The molecule has 1 amide bonds. The van der Waals surface area contributed by atoms with E-state index in [1.165, 1.54) is 0 Å². The quantitative estimate of drug-likeness (QED) is 0.525. The van der Waals surface area contributed by atoms with Gasteiger partial charge < -0.3 is 19.5 Å². The fourth-order valence-corrected chi connectivity index (χ4v) is 2.30. The van der Waals surface area contributed by atoms with Gasteiger partial charge in [0.05, 0.1) is 18.3 Å². The van der Waals surface area contributed by atoms with Crippen LogP contribution in [0.15, 0.2) is 42.5 Å². The highest BCUT2D eigenvalue weighted by molar-refractivity contribution is 5.93. The van der Waals surface area contributed by atoms with E-state index in [1.54, 1.807) is 56.3 Å². The number of hydrogen-bond donors (Lipinski definition) is 1. The Morgan fingerprint density at radius 1 is 1.04 bits per heavy atom. The predicted molar refractivity (Wildman–Crippen MR) is 104 cm³/mol. The highest BCUT2D eigenvalue weighted by atomic mass is 16.5. The van der Waals surface area contributed by atoms with E-state index in [9.17, 15) is 14.4 Å². The van der Waals surface area contributed by atoms with E-state index in [4.69, 9.17) is 14.2 Å². The van der Waals surface area contributed by atoms with Crippen LogP contribution in [0.5, 0.6) is 11.5 Å². The molecule has 0 saturated heterocycles. The highest BCUT2D eigenvalue weighted by Crippen LogP contribution is 2.28. The van der Waals surface area contributed by atoms with Crippen LogP contribution in [-0.2, 0) is 9.53 Å². The fourth-order valence-electron chi connectivity index (χ4n) is 2.30. The van der Waals surface area contributed by atoms with E-state index >= 15 is 0 Å². The largest absolute Gasteiger partial charge is 0.490 e. The first-order chi connectivity index (χ1) is 13.4. The zero-order valence-corrected chi connectivity index (χ0v) is 16.1. The maximum absolute atomic E-state index is 12.1. The lowest BCUT2D eigenvalue weighted by molar-refractivity contribution is -0.118. The molecule has 28 heavy (non-hydrogen) atoms. The van der Waals surface area contributed by atoms with Crippen LogP contribution < -0.4 is 14.8 Å². The number of aldehydes is 1. The molecule has 0 fully saturated rings. The molecule has 7 heteroatoms. The van der Waals surface area contributed by atoms with Crippen molar-refractivity contribution >= 4 is 23.9 Å². The first kappa shape index (κ1) is 21.0. The van der Waals surface area contributed by atoms with Crippen LogP contribution in [0, 0.1) is 0 Å². The molecule has 0 aromatic heterocycles. The van der Waals surface area contributed by atoms with Crippen LogP contribution in [-0.4, -0.2) is 37.5 Å². The molecule has 0 radical (unpaired) electrons. The fraction of sp³-hybridized carbons (Fsp3) is 0.286. The molecule has 0 aliphatic rings. The van der Waals surface area contributed by atoms with Crippen molar-refractivity contribution in [3.8, 4) is 11.5 Å². The van der Waals surface area contributed by atoms with Crippen molar-refractivity contribution in [2.75, 3.05) is 18.5 Å². The first-order valence-electron chi connectivity index (χ1n) is 8.88. The van der Waals surface area contributed by atoms with E-state index in [0.29, 0.717) is 41.2 Å². The SMILES string of the molecule is CCOc1cc(C=O)ccc1OCC(=O)Nc1ccc(C(=O)OC(C)C)cc1. The molecule has 0 bridgehead atoms. The number of carbonyl (C=O) groups excluding carboxylic acids is 3. The molecule has 1 N–H and O–H groups in total. The summed E-state index contributed by atoms with van der Waals surface area (Å²) in [5, 5.41) is 2.68. The molecule has 148 valence electrons. The maximum Gasteiger partial charge on any atom is 0.338 e. The van der Waals surface area contributed by atoms with Crippen molar-refractivity contribution in [2.24, 2.45) is 0 Å². The number of benzene rings is 2. The second-order valence-corrected chi connectivity index (χ2v) is 6.13. The zero-order valence-electron chi connectivity index (χ0n) is 16.1. The van der Waals surface area contributed by atoms with Gasteiger partial charge in [-0.05, 0) is 63.2 Å². The molecule has 0 aliphatic carbocycles. The Morgan fingerprint density at radius 3 is 2.36 bits per heavy atom. The van der Waals surface area contributed by atoms with Gasteiger partial charge in [-0.3, -0.25) is 9.59 Å². The zero-order chi connectivity index (χ0) is 20.5. The summed E-state index contributed by atoms with van der Waals surface area (Å²) < 4.78 is 16.0. The number of esters is 1. The van der Waals surface area contributed by atoms with Gasteiger partial charge in [0.2, 0.25) is 0 Å². The van der Waals surface area contributed by atoms with E-state index in [0.717, 1.165) is 0 Å². The van der Waals surface area contributed by atoms with Crippen molar-refractivity contribution in [3.63, 3.8) is 0 Å². The van der Waals surface area contributed by atoms with Crippen molar-refractivity contribution in [1.82, 2.24) is 0 Å². The Labute approximate surface area is 163 Å². The Hall–Kier alpha value is -3.35. The molecule has 2 rings (SSSR count). The number of rotatable bonds is 9. The molecular weight excluding hydrogens is 362 g/mol. The number of nitrogens with one attached hydrogen (secondary N) is 1. The molecule has 0 saturated carbocycles. The molecule has 2 aromatic rings. The van der Waals surface area contributed by atoms with E-state index in [1.807, 2.05) is 6.92 Å². The standard InChI is InChI=1S/C21H23NO6/c1-4-26-19-11-15(12-23)5-10-18(19)27-13-20(24)22-17-8-6-16(7-9-17)21(25)28-14(2)3/h5-12,14H,4,13H2,1-3H3,(H,22,24). The third-order valence-corrected chi connectivity index (χ3v) is 3.51. The van der Waals surface area contributed by atoms with Gasteiger partial charge in [-0.25, -0.2) is 4.79 Å². The molecule has 7 nitrogen and oxygen atoms in total. The van der Waals surface area contributed by atoms with E-state index < -0.39 is 5.97 Å². The lowest BCUT2D eigenvalue weighted by Gasteiger charge is -2.12. The normalized spacial score (nSPS) is 10.3. The Kier molecular flexibility index (Phi) is 7.56. The Morgan fingerprint density at radius 2 is 1.75 bits per heavy atom. The molecule has 0 atom stereocenters. The monoisotopic (exact) mass is 385 g/mol. The highest BCUT2D eigenvalue weighted by Gasteiger charge is 2.11. The summed E-state index contributed by atoms with van der Waals surface area (Å²) in [4.78, 5) is 34.8.